The summed E-state index contributed by atoms with van der Waals surface area (Å²) in [5, 5.41) is 6.54. The molecule has 4 heteroatoms. The third-order valence-corrected chi connectivity index (χ3v) is 3.42. The molecular weight excluding hydrogens is 238 g/mol. The zero-order valence-electron chi connectivity index (χ0n) is 13.1. The van der Waals surface area contributed by atoms with Crippen LogP contribution >= 0.6 is 0 Å². The Bertz CT molecular complexity index is 273. The van der Waals surface area contributed by atoms with Gasteiger partial charge in [-0.05, 0) is 53.1 Å². The van der Waals surface area contributed by atoms with Gasteiger partial charge in [-0.2, -0.15) is 0 Å². The molecule has 0 spiro atoms. The second-order valence-electron chi connectivity index (χ2n) is 6.62. The summed E-state index contributed by atoms with van der Waals surface area (Å²) in [6.07, 6.45) is 4.87. The van der Waals surface area contributed by atoms with Gasteiger partial charge in [-0.25, -0.2) is 0 Å². The normalized spacial score (nSPS) is 21.4. The Labute approximate surface area is 118 Å². The monoisotopic (exact) mass is 269 g/mol. The molecule has 0 saturated carbocycles. The SMILES string of the molecule is CCCNCC1CCCCN1CC(=O)NC(C)(C)C. The molecule has 0 bridgehead atoms. The van der Waals surface area contributed by atoms with Crippen molar-refractivity contribution in [1.82, 2.24) is 15.5 Å². The summed E-state index contributed by atoms with van der Waals surface area (Å²) in [6.45, 7) is 11.9. The van der Waals surface area contributed by atoms with Gasteiger partial charge < -0.3 is 10.6 Å². The first-order valence-electron chi connectivity index (χ1n) is 7.68. The van der Waals surface area contributed by atoms with E-state index >= 15 is 0 Å². The van der Waals surface area contributed by atoms with Gasteiger partial charge in [0.2, 0.25) is 5.91 Å². The number of hydrogen-bond acceptors (Lipinski definition) is 3. The van der Waals surface area contributed by atoms with Crippen LogP contribution in [0.3, 0.4) is 0 Å². The van der Waals surface area contributed by atoms with Gasteiger partial charge in [-0.15, -0.1) is 0 Å². The number of carbonyl (C=O) groups is 1. The van der Waals surface area contributed by atoms with Crippen molar-refractivity contribution in [3.8, 4) is 0 Å². The Morgan fingerprint density at radius 3 is 2.68 bits per heavy atom. The van der Waals surface area contributed by atoms with E-state index in [1.807, 2.05) is 20.8 Å². The molecule has 19 heavy (non-hydrogen) atoms. The third-order valence-electron chi connectivity index (χ3n) is 3.42. The van der Waals surface area contributed by atoms with Crippen molar-refractivity contribution >= 4 is 5.91 Å². The molecule has 1 heterocycles. The minimum atomic E-state index is -0.136. The van der Waals surface area contributed by atoms with Crippen molar-refractivity contribution in [3.63, 3.8) is 0 Å². The lowest BCUT2D eigenvalue weighted by atomic mass is 10.0. The topological polar surface area (TPSA) is 44.4 Å². The smallest absolute Gasteiger partial charge is 0.234 e. The maximum Gasteiger partial charge on any atom is 0.234 e. The number of rotatable bonds is 6. The third kappa shape index (κ3) is 6.92. The van der Waals surface area contributed by atoms with Gasteiger partial charge in [0.05, 0.1) is 6.54 Å². The molecule has 1 rings (SSSR count). The molecule has 1 amide bonds. The standard InChI is InChI=1S/C15H31N3O/c1-5-9-16-11-13-8-6-7-10-18(13)12-14(19)17-15(2,3)4/h13,16H,5-12H2,1-4H3,(H,17,19). The molecule has 2 N–H and O–H groups in total. The Balaban J connectivity index is 2.41. The maximum absolute atomic E-state index is 12.0. The maximum atomic E-state index is 12.0. The summed E-state index contributed by atoms with van der Waals surface area (Å²) >= 11 is 0. The number of hydrogen-bond donors (Lipinski definition) is 2. The van der Waals surface area contributed by atoms with Crippen LogP contribution in [0.1, 0.15) is 53.4 Å². The Hall–Kier alpha value is -0.610. The van der Waals surface area contributed by atoms with Crippen LogP contribution < -0.4 is 10.6 Å². The van der Waals surface area contributed by atoms with Crippen LogP contribution in [-0.2, 0) is 4.79 Å². The van der Waals surface area contributed by atoms with E-state index in [0.29, 0.717) is 12.6 Å². The lowest BCUT2D eigenvalue weighted by Gasteiger charge is -2.36. The fraction of sp³-hybridized carbons (Fsp3) is 0.933. The van der Waals surface area contributed by atoms with E-state index in [4.69, 9.17) is 0 Å². The quantitative estimate of drug-likeness (QED) is 0.722. The predicted molar refractivity (Wildman–Crippen MR) is 80.3 cm³/mol. The zero-order valence-corrected chi connectivity index (χ0v) is 13.1. The minimum Gasteiger partial charge on any atom is -0.350 e. The lowest BCUT2D eigenvalue weighted by molar-refractivity contribution is -0.124. The minimum absolute atomic E-state index is 0.136. The summed E-state index contributed by atoms with van der Waals surface area (Å²) < 4.78 is 0. The first kappa shape index (κ1) is 16.4. The van der Waals surface area contributed by atoms with Gasteiger partial charge in [-0.3, -0.25) is 9.69 Å². The molecule has 0 aromatic rings. The molecule has 1 fully saturated rings. The number of nitrogens with one attached hydrogen (secondary N) is 2. The van der Waals surface area contributed by atoms with Crippen LogP contribution in [0, 0.1) is 0 Å². The number of piperidine rings is 1. The fourth-order valence-electron chi connectivity index (χ4n) is 2.59. The van der Waals surface area contributed by atoms with Gasteiger partial charge >= 0.3 is 0 Å². The summed E-state index contributed by atoms with van der Waals surface area (Å²) in [5.74, 6) is 0.148. The van der Waals surface area contributed by atoms with Crippen molar-refractivity contribution in [1.29, 1.82) is 0 Å². The van der Waals surface area contributed by atoms with E-state index in [9.17, 15) is 4.79 Å². The van der Waals surface area contributed by atoms with Gasteiger partial charge in [0.25, 0.3) is 0 Å². The summed E-state index contributed by atoms with van der Waals surface area (Å²) in [4.78, 5) is 14.4. The van der Waals surface area contributed by atoms with Crippen molar-refractivity contribution < 1.29 is 4.79 Å². The lowest BCUT2D eigenvalue weighted by Crippen LogP contribution is -2.52. The first-order valence-corrected chi connectivity index (χ1v) is 7.68. The van der Waals surface area contributed by atoms with E-state index in [0.717, 1.165) is 26.1 Å². The Morgan fingerprint density at radius 1 is 1.32 bits per heavy atom. The van der Waals surface area contributed by atoms with E-state index < -0.39 is 0 Å². The van der Waals surface area contributed by atoms with Crippen LogP contribution in [0.15, 0.2) is 0 Å². The van der Waals surface area contributed by atoms with Crippen LogP contribution in [-0.4, -0.2) is 48.6 Å². The zero-order chi connectivity index (χ0) is 14.3. The largest absolute Gasteiger partial charge is 0.350 e. The average molecular weight is 269 g/mol. The molecule has 1 saturated heterocycles. The highest BCUT2D eigenvalue weighted by Gasteiger charge is 2.25. The molecule has 0 aromatic heterocycles. The molecule has 1 aliphatic rings. The Morgan fingerprint density at radius 2 is 2.05 bits per heavy atom. The highest BCUT2D eigenvalue weighted by Crippen LogP contribution is 2.16. The van der Waals surface area contributed by atoms with Crippen LogP contribution in [0.5, 0.6) is 0 Å². The van der Waals surface area contributed by atoms with Crippen LogP contribution in [0.25, 0.3) is 0 Å². The number of carbonyl (C=O) groups excluding carboxylic acids is 1. The Kier molecular flexibility index (Phi) is 6.80. The second kappa shape index (κ2) is 7.85. The van der Waals surface area contributed by atoms with Gasteiger partial charge in [-0.1, -0.05) is 13.3 Å². The van der Waals surface area contributed by atoms with Crippen LogP contribution in [0.2, 0.25) is 0 Å². The van der Waals surface area contributed by atoms with Gasteiger partial charge in [0.15, 0.2) is 0 Å². The number of amides is 1. The van der Waals surface area contributed by atoms with E-state index in [1.165, 1.54) is 19.3 Å². The highest BCUT2D eigenvalue weighted by molar-refractivity contribution is 5.78. The molecule has 1 unspecified atom stereocenters. The second-order valence-corrected chi connectivity index (χ2v) is 6.62. The summed E-state index contributed by atoms with van der Waals surface area (Å²) in [6, 6.07) is 0.519. The fourth-order valence-corrected chi connectivity index (χ4v) is 2.59. The molecule has 0 aliphatic carbocycles. The average Bonchev–Trinajstić information content (AvgIpc) is 2.29. The molecular formula is C15H31N3O. The molecule has 1 aliphatic heterocycles. The predicted octanol–water partition coefficient (Wildman–Crippen LogP) is 1.76. The number of likely N-dealkylation sites (tertiary alicyclic amines) is 1. The number of nitrogens with zero attached hydrogens (tertiary/aromatic N) is 1. The van der Waals surface area contributed by atoms with Crippen molar-refractivity contribution in [2.45, 2.75) is 65.0 Å². The molecule has 0 aromatic carbocycles. The van der Waals surface area contributed by atoms with Gasteiger partial charge in [0.1, 0.15) is 0 Å². The molecule has 1 atom stereocenters. The van der Waals surface area contributed by atoms with Crippen LogP contribution in [0.4, 0.5) is 0 Å². The summed E-state index contributed by atoms with van der Waals surface area (Å²) in [7, 11) is 0. The van der Waals surface area contributed by atoms with Gasteiger partial charge in [0, 0.05) is 18.1 Å². The molecule has 4 nitrogen and oxygen atoms in total. The molecule has 112 valence electrons. The van der Waals surface area contributed by atoms with Crippen molar-refractivity contribution in [2.24, 2.45) is 0 Å². The molecule has 0 radical (unpaired) electrons. The highest BCUT2D eigenvalue weighted by atomic mass is 16.2. The first-order chi connectivity index (χ1) is 8.92. The van der Waals surface area contributed by atoms with E-state index in [-0.39, 0.29) is 11.4 Å². The van der Waals surface area contributed by atoms with Crippen molar-refractivity contribution in [3.05, 3.63) is 0 Å². The van der Waals surface area contributed by atoms with E-state index in [1.54, 1.807) is 0 Å². The van der Waals surface area contributed by atoms with Crippen molar-refractivity contribution in [2.75, 3.05) is 26.2 Å². The van der Waals surface area contributed by atoms with E-state index in [2.05, 4.69) is 22.5 Å². The summed E-state index contributed by atoms with van der Waals surface area (Å²) in [5.41, 5.74) is -0.136.